The van der Waals surface area contributed by atoms with Crippen LogP contribution in [0.15, 0.2) is 29.4 Å². The number of methoxy groups -OCH3 is 1. The van der Waals surface area contributed by atoms with Crippen molar-refractivity contribution in [3.63, 3.8) is 0 Å². The predicted octanol–water partition coefficient (Wildman–Crippen LogP) is 2.70. The predicted molar refractivity (Wildman–Crippen MR) is 87.0 cm³/mol. The molecule has 1 aliphatic carbocycles. The summed E-state index contributed by atoms with van der Waals surface area (Å²) in [4.78, 5) is 25.2. The van der Waals surface area contributed by atoms with Crippen molar-refractivity contribution in [1.29, 1.82) is 0 Å². The molecule has 0 N–H and O–H groups in total. The Kier molecular flexibility index (Phi) is 3.74. The van der Waals surface area contributed by atoms with E-state index in [0.717, 1.165) is 16.3 Å². The number of amides is 2. The third kappa shape index (κ3) is 2.44. The number of nitrogens with zero attached hydrogens (tertiary/aromatic N) is 2. The van der Waals surface area contributed by atoms with Gasteiger partial charge in [-0.25, -0.2) is 0 Å². The fourth-order valence-electron chi connectivity index (χ4n) is 3.67. The first-order valence-corrected chi connectivity index (χ1v) is 7.92. The van der Waals surface area contributed by atoms with Gasteiger partial charge in [-0.3, -0.25) is 9.59 Å². The zero-order valence-corrected chi connectivity index (χ0v) is 13.9. The van der Waals surface area contributed by atoms with Gasteiger partial charge in [-0.15, -0.1) is 0 Å². The largest absolute Gasteiger partial charge is 0.497 e. The maximum atomic E-state index is 12.6. The van der Waals surface area contributed by atoms with Gasteiger partial charge in [0.2, 0.25) is 0 Å². The Morgan fingerprint density at radius 1 is 1.22 bits per heavy atom. The standard InChI is InChI=1S/C18H22N2O3/c1-11-14-9-15(18(11,2)3)17(22)20(16(14)21)19-10-12-5-7-13(23-4)8-6-12/h5-8,10-11,14-15H,9H2,1-4H3/b19-10+. The molecule has 0 radical (unpaired) electrons. The molecule has 2 aliphatic rings. The summed E-state index contributed by atoms with van der Waals surface area (Å²) in [6.07, 6.45) is 2.21. The molecule has 2 fully saturated rings. The second kappa shape index (κ2) is 5.48. The fraction of sp³-hybridized carbons (Fsp3) is 0.500. The molecule has 1 saturated heterocycles. The van der Waals surface area contributed by atoms with Crippen molar-refractivity contribution in [1.82, 2.24) is 5.01 Å². The van der Waals surface area contributed by atoms with Crippen molar-refractivity contribution in [3.8, 4) is 5.75 Å². The van der Waals surface area contributed by atoms with Crippen LogP contribution in [-0.4, -0.2) is 30.1 Å². The van der Waals surface area contributed by atoms with E-state index in [1.165, 1.54) is 0 Å². The first kappa shape index (κ1) is 15.7. The summed E-state index contributed by atoms with van der Waals surface area (Å²) in [6, 6.07) is 7.30. The molecule has 2 bridgehead atoms. The zero-order valence-electron chi connectivity index (χ0n) is 13.9. The molecule has 1 aromatic carbocycles. The average Bonchev–Trinajstić information content (AvgIpc) is 2.75. The molecule has 0 aromatic heterocycles. The van der Waals surface area contributed by atoms with E-state index < -0.39 is 0 Å². The summed E-state index contributed by atoms with van der Waals surface area (Å²) < 4.78 is 5.11. The lowest BCUT2D eigenvalue weighted by atomic mass is 9.75. The van der Waals surface area contributed by atoms with Crippen molar-refractivity contribution in [2.75, 3.05) is 7.11 Å². The molecule has 5 heteroatoms. The van der Waals surface area contributed by atoms with Crippen LogP contribution in [0.2, 0.25) is 0 Å². The van der Waals surface area contributed by atoms with E-state index in [2.05, 4.69) is 25.9 Å². The van der Waals surface area contributed by atoms with Gasteiger partial charge in [0.05, 0.1) is 13.3 Å². The summed E-state index contributed by atoms with van der Waals surface area (Å²) in [6.45, 7) is 6.21. The van der Waals surface area contributed by atoms with Crippen molar-refractivity contribution >= 4 is 18.0 Å². The minimum atomic E-state index is -0.176. The topological polar surface area (TPSA) is 59.0 Å². The van der Waals surface area contributed by atoms with Crippen LogP contribution in [0.1, 0.15) is 32.8 Å². The molecule has 5 nitrogen and oxygen atoms in total. The van der Waals surface area contributed by atoms with Gasteiger partial charge in [0.25, 0.3) is 11.8 Å². The van der Waals surface area contributed by atoms with Crippen molar-refractivity contribution in [3.05, 3.63) is 29.8 Å². The average molecular weight is 314 g/mol. The molecule has 2 amide bonds. The van der Waals surface area contributed by atoms with Crippen LogP contribution in [0, 0.1) is 23.2 Å². The third-order valence-electron chi connectivity index (χ3n) is 5.64. The minimum Gasteiger partial charge on any atom is -0.497 e. The highest BCUT2D eigenvalue weighted by Gasteiger charge is 2.58. The van der Waals surface area contributed by atoms with E-state index in [-0.39, 0.29) is 35.0 Å². The quantitative estimate of drug-likeness (QED) is 0.636. The van der Waals surface area contributed by atoms with Crippen LogP contribution in [0.25, 0.3) is 0 Å². The van der Waals surface area contributed by atoms with Crippen molar-refractivity contribution in [2.45, 2.75) is 27.2 Å². The van der Waals surface area contributed by atoms with Crippen molar-refractivity contribution < 1.29 is 14.3 Å². The Morgan fingerprint density at radius 3 is 2.48 bits per heavy atom. The van der Waals surface area contributed by atoms with E-state index in [1.807, 2.05) is 24.3 Å². The molecule has 23 heavy (non-hydrogen) atoms. The van der Waals surface area contributed by atoms with Gasteiger partial charge in [0.1, 0.15) is 5.75 Å². The highest BCUT2D eigenvalue weighted by atomic mass is 16.5. The monoisotopic (exact) mass is 314 g/mol. The maximum Gasteiger partial charge on any atom is 0.253 e. The molecule has 1 heterocycles. The normalized spacial score (nSPS) is 29.4. The lowest BCUT2D eigenvalue weighted by Gasteiger charge is -2.30. The molecular weight excluding hydrogens is 292 g/mol. The molecule has 1 saturated carbocycles. The lowest BCUT2D eigenvalue weighted by Crippen LogP contribution is -2.44. The number of carbonyl (C=O) groups is 2. The molecule has 122 valence electrons. The lowest BCUT2D eigenvalue weighted by molar-refractivity contribution is -0.153. The number of hydrogen-bond acceptors (Lipinski definition) is 4. The van der Waals surface area contributed by atoms with Gasteiger partial charge in [-0.1, -0.05) is 20.8 Å². The summed E-state index contributed by atoms with van der Waals surface area (Å²) in [5, 5.41) is 5.26. The van der Waals surface area contributed by atoms with Crippen LogP contribution in [0.4, 0.5) is 0 Å². The molecule has 1 aromatic rings. The second-order valence-corrected chi connectivity index (χ2v) is 7.01. The number of rotatable bonds is 3. The summed E-state index contributed by atoms with van der Waals surface area (Å²) in [7, 11) is 1.60. The van der Waals surface area contributed by atoms with E-state index >= 15 is 0 Å². The van der Waals surface area contributed by atoms with Crippen LogP contribution in [-0.2, 0) is 9.59 Å². The first-order chi connectivity index (χ1) is 10.9. The number of carbonyl (C=O) groups excluding carboxylic acids is 2. The van der Waals surface area contributed by atoms with Crippen molar-refractivity contribution in [2.24, 2.45) is 28.3 Å². The van der Waals surface area contributed by atoms with Gasteiger partial charge in [-0.2, -0.15) is 10.1 Å². The molecule has 1 aliphatic heterocycles. The highest BCUT2D eigenvalue weighted by molar-refractivity contribution is 6.02. The Bertz CT molecular complexity index is 663. The second-order valence-electron chi connectivity index (χ2n) is 7.01. The number of fused-ring (bicyclic) bond motifs is 2. The Morgan fingerprint density at radius 2 is 1.87 bits per heavy atom. The Hall–Kier alpha value is -2.17. The van der Waals surface area contributed by atoms with Gasteiger partial charge < -0.3 is 4.74 Å². The molecule has 3 unspecified atom stereocenters. The van der Waals surface area contributed by atoms with E-state index in [4.69, 9.17) is 4.74 Å². The maximum absolute atomic E-state index is 12.6. The number of imide groups is 1. The Balaban J connectivity index is 1.84. The van der Waals surface area contributed by atoms with E-state index in [9.17, 15) is 9.59 Å². The van der Waals surface area contributed by atoms with Crippen LogP contribution < -0.4 is 4.74 Å². The minimum absolute atomic E-state index is 0.110. The summed E-state index contributed by atoms with van der Waals surface area (Å²) in [5.74, 6) is 0.347. The molecular formula is C18H22N2O3. The van der Waals surface area contributed by atoms with Gasteiger partial charge >= 0.3 is 0 Å². The smallest absolute Gasteiger partial charge is 0.253 e. The third-order valence-corrected chi connectivity index (χ3v) is 5.64. The van der Waals surface area contributed by atoms with E-state index in [1.54, 1.807) is 13.3 Å². The number of hydrazone groups is 1. The first-order valence-electron chi connectivity index (χ1n) is 7.92. The zero-order chi connectivity index (χ0) is 16.8. The number of piperidine rings is 1. The SMILES string of the molecule is COc1ccc(/C=N/N2C(=O)C3CC(C2=O)C(C)(C)C3C)cc1. The van der Waals surface area contributed by atoms with Crippen LogP contribution in [0.5, 0.6) is 5.75 Å². The van der Waals surface area contributed by atoms with Gasteiger partial charge in [0.15, 0.2) is 0 Å². The van der Waals surface area contributed by atoms with Crippen LogP contribution >= 0.6 is 0 Å². The van der Waals surface area contributed by atoms with Gasteiger partial charge in [0, 0.05) is 11.8 Å². The Labute approximate surface area is 136 Å². The summed E-state index contributed by atoms with van der Waals surface area (Å²) in [5.41, 5.74) is 0.651. The summed E-state index contributed by atoms with van der Waals surface area (Å²) >= 11 is 0. The highest BCUT2D eigenvalue weighted by Crippen LogP contribution is 2.54. The van der Waals surface area contributed by atoms with Gasteiger partial charge in [-0.05, 0) is 47.6 Å². The number of ether oxygens (including phenoxy) is 1. The number of hydrogen-bond donors (Lipinski definition) is 0. The van der Waals surface area contributed by atoms with E-state index in [0.29, 0.717) is 6.42 Å². The molecule has 0 spiro atoms. The molecule has 3 atom stereocenters. The fourth-order valence-corrected chi connectivity index (χ4v) is 3.67. The van der Waals surface area contributed by atoms with Crippen LogP contribution in [0.3, 0.4) is 0 Å². The molecule has 3 rings (SSSR count). The number of benzene rings is 1.